The summed E-state index contributed by atoms with van der Waals surface area (Å²) in [7, 11) is -3.84. The molecule has 1 rings (SSSR count). The molecule has 0 spiro atoms. The van der Waals surface area contributed by atoms with Gasteiger partial charge >= 0.3 is 0 Å². The fraction of sp³-hybridized carbons (Fsp3) is 0.500. The van der Waals surface area contributed by atoms with E-state index in [-0.39, 0.29) is 17.5 Å². The van der Waals surface area contributed by atoms with Crippen LogP contribution in [0.25, 0.3) is 0 Å². The van der Waals surface area contributed by atoms with Gasteiger partial charge in [0.25, 0.3) is 0 Å². The lowest BCUT2D eigenvalue weighted by atomic mass is 10.2. The summed E-state index contributed by atoms with van der Waals surface area (Å²) in [6.45, 7) is 6.23. The van der Waals surface area contributed by atoms with Gasteiger partial charge in [0.1, 0.15) is 10.7 Å². The van der Waals surface area contributed by atoms with Crippen molar-refractivity contribution in [1.82, 2.24) is 10.0 Å². The van der Waals surface area contributed by atoms with E-state index >= 15 is 0 Å². The second-order valence-electron chi connectivity index (χ2n) is 4.43. The van der Waals surface area contributed by atoms with E-state index in [1.807, 2.05) is 6.92 Å². The van der Waals surface area contributed by atoms with E-state index in [0.717, 1.165) is 0 Å². The zero-order valence-corrected chi connectivity index (χ0v) is 13.5. The molecule has 108 valence electrons. The van der Waals surface area contributed by atoms with E-state index < -0.39 is 15.8 Å². The quantitative estimate of drug-likeness (QED) is 0.826. The van der Waals surface area contributed by atoms with Gasteiger partial charge in [0.15, 0.2) is 0 Å². The Morgan fingerprint density at radius 2 is 2.00 bits per heavy atom. The Hall–Kier alpha value is -0.500. The molecule has 2 N–H and O–H groups in total. The van der Waals surface area contributed by atoms with Gasteiger partial charge in [-0.3, -0.25) is 0 Å². The van der Waals surface area contributed by atoms with Crippen LogP contribution < -0.4 is 10.0 Å². The average molecular weight is 353 g/mol. The van der Waals surface area contributed by atoms with Crippen molar-refractivity contribution in [3.8, 4) is 0 Å². The van der Waals surface area contributed by atoms with Gasteiger partial charge in [-0.2, -0.15) is 0 Å². The SMILES string of the molecule is CCNCc1cc(Br)cc(S(=O)(=O)NC(C)C)c1F. The standard InChI is InChI=1S/C12H18BrFN2O2S/c1-4-15-7-9-5-10(13)6-11(12(9)14)19(17,18)16-8(2)3/h5-6,8,15-16H,4,7H2,1-3H3. The van der Waals surface area contributed by atoms with Crippen LogP contribution in [0.3, 0.4) is 0 Å². The summed E-state index contributed by atoms with van der Waals surface area (Å²) in [4.78, 5) is -0.330. The monoisotopic (exact) mass is 352 g/mol. The molecule has 19 heavy (non-hydrogen) atoms. The molecule has 0 heterocycles. The Labute approximate surface area is 122 Å². The lowest BCUT2D eigenvalue weighted by Gasteiger charge is -2.13. The first-order chi connectivity index (χ1) is 8.77. The first kappa shape index (κ1) is 16.6. The highest BCUT2D eigenvalue weighted by atomic mass is 79.9. The second-order valence-corrected chi connectivity index (χ2v) is 7.03. The van der Waals surface area contributed by atoms with E-state index in [1.165, 1.54) is 6.07 Å². The van der Waals surface area contributed by atoms with Gasteiger partial charge in [0, 0.05) is 22.6 Å². The summed E-state index contributed by atoms with van der Waals surface area (Å²) in [6, 6.07) is 2.56. The molecule has 0 atom stereocenters. The smallest absolute Gasteiger partial charge is 0.243 e. The predicted molar refractivity (Wildman–Crippen MR) is 76.9 cm³/mol. The van der Waals surface area contributed by atoms with Crippen LogP contribution in [0, 0.1) is 5.82 Å². The molecule has 0 aliphatic rings. The molecule has 4 nitrogen and oxygen atoms in total. The minimum atomic E-state index is -3.84. The summed E-state index contributed by atoms with van der Waals surface area (Å²) in [5.41, 5.74) is 0.320. The first-order valence-electron chi connectivity index (χ1n) is 5.99. The second kappa shape index (κ2) is 6.78. The largest absolute Gasteiger partial charge is 0.313 e. The fourth-order valence-corrected chi connectivity index (χ4v) is 3.63. The van der Waals surface area contributed by atoms with Gasteiger partial charge in [0.05, 0.1) is 0 Å². The Bertz CT molecular complexity index is 547. The third kappa shape index (κ3) is 4.52. The van der Waals surface area contributed by atoms with Crippen LogP contribution in [0.1, 0.15) is 26.3 Å². The lowest BCUT2D eigenvalue weighted by Crippen LogP contribution is -2.31. The zero-order valence-electron chi connectivity index (χ0n) is 11.1. The van der Waals surface area contributed by atoms with E-state index in [4.69, 9.17) is 0 Å². The van der Waals surface area contributed by atoms with Crippen molar-refractivity contribution in [3.05, 3.63) is 28.0 Å². The number of rotatable bonds is 6. The Morgan fingerprint density at radius 3 is 2.53 bits per heavy atom. The topological polar surface area (TPSA) is 58.2 Å². The zero-order chi connectivity index (χ0) is 14.6. The van der Waals surface area contributed by atoms with E-state index in [9.17, 15) is 12.8 Å². The van der Waals surface area contributed by atoms with Crippen LogP contribution in [0.5, 0.6) is 0 Å². The van der Waals surface area contributed by atoms with Crippen LogP contribution in [0.15, 0.2) is 21.5 Å². The third-order valence-electron chi connectivity index (χ3n) is 2.33. The molecule has 0 aliphatic carbocycles. The van der Waals surface area contributed by atoms with Gasteiger partial charge < -0.3 is 5.32 Å². The first-order valence-corrected chi connectivity index (χ1v) is 8.26. The van der Waals surface area contributed by atoms with Gasteiger partial charge in [-0.1, -0.05) is 22.9 Å². The normalized spacial score (nSPS) is 12.1. The van der Waals surface area contributed by atoms with Crippen molar-refractivity contribution in [3.63, 3.8) is 0 Å². The van der Waals surface area contributed by atoms with Crippen molar-refractivity contribution >= 4 is 26.0 Å². The Balaban J connectivity index is 3.24. The number of hydrogen-bond acceptors (Lipinski definition) is 3. The number of halogens is 2. The fourth-order valence-electron chi connectivity index (χ4n) is 1.58. The highest BCUT2D eigenvalue weighted by molar-refractivity contribution is 9.10. The van der Waals surface area contributed by atoms with Crippen molar-refractivity contribution in [2.45, 2.75) is 38.3 Å². The highest BCUT2D eigenvalue weighted by Crippen LogP contribution is 2.24. The summed E-state index contributed by atoms with van der Waals surface area (Å²) in [5, 5.41) is 2.98. The van der Waals surface area contributed by atoms with Crippen LogP contribution in [0.4, 0.5) is 4.39 Å². The number of benzene rings is 1. The van der Waals surface area contributed by atoms with E-state index in [0.29, 0.717) is 16.6 Å². The molecule has 0 bridgehead atoms. The molecule has 7 heteroatoms. The van der Waals surface area contributed by atoms with Crippen LogP contribution in [-0.2, 0) is 16.6 Å². The number of hydrogen-bond donors (Lipinski definition) is 2. The molecular formula is C12H18BrFN2O2S. The molecule has 1 aromatic carbocycles. The minimum absolute atomic E-state index is 0.284. The minimum Gasteiger partial charge on any atom is -0.313 e. The summed E-state index contributed by atoms with van der Waals surface area (Å²) >= 11 is 3.21. The van der Waals surface area contributed by atoms with E-state index in [2.05, 4.69) is 26.0 Å². The highest BCUT2D eigenvalue weighted by Gasteiger charge is 2.22. The molecule has 0 unspecified atom stereocenters. The van der Waals surface area contributed by atoms with Gasteiger partial charge in [-0.05, 0) is 32.5 Å². The summed E-state index contributed by atoms with van der Waals surface area (Å²) < 4.78 is 41.3. The summed E-state index contributed by atoms with van der Waals surface area (Å²) in [5.74, 6) is -0.711. The molecular weight excluding hydrogens is 335 g/mol. The Kier molecular flexibility index (Phi) is 5.91. The van der Waals surface area contributed by atoms with Crippen LogP contribution >= 0.6 is 15.9 Å². The average Bonchev–Trinajstić information content (AvgIpc) is 2.28. The molecule has 0 saturated carbocycles. The van der Waals surface area contributed by atoms with Crippen molar-refractivity contribution in [2.24, 2.45) is 0 Å². The van der Waals surface area contributed by atoms with Gasteiger partial charge in [0.2, 0.25) is 10.0 Å². The molecule has 0 aromatic heterocycles. The van der Waals surface area contributed by atoms with Crippen molar-refractivity contribution < 1.29 is 12.8 Å². The maximum absolute atomic E-state index is 14.2. The maximum Gasteiger partial charge on any atom is 0.243 e. The molecule has 0 aliphatic heterocycles. The van der Waals surface area contributed by atoms with Gasteiger partial charge in [-0.25, -0.2) is 17.5 Å². The van der Waals surface area contributed by atoms with Crippen LogP contribution in [0.2, 0.25) is 0 Å². The van der Waals surface area contributed by atoms with E-state index in [1.54, 1.807) is 19.9 Å². The summed E-state index contributed by atoms with van der Waals surface area (Å²) in [6.07, 6.45) is 0. The van der Waals surface area contributed by atoms with Crippen molar-refractivity contribution in [2.75, 3.05) is 6.54 Å². The maximum atomic E-state index is 14.2. The molecule has 0 saturated heterocycles. The molecule has 0 amide bonds. The Morgan fingerprint density at radius 1 is 1.37 bits per heavy atom. The molecule has 1 aromatic rings. The number of nitrogens with one attached hydrogen (secondary N) is 2. The molecule has 0 fully saturated rings. The molecule has 0 radical (unpaired) electrons. The number of sulfonamides is 1. The van der Waals surface area contributed by atoms with Gasteiger partial charge in [-0.15, -0.1) is 0 Å². The predicted octanol–water partition coefficient (Wildman–Crippen LogP) is 2.38. The van der Waals surface area contributed by atoms with Crippen LogP contribution in [-0.4, -0.2) is 21.0 Å². The van der Waals surface area contributed by atoms with Crippen molar-refractivity contribution in [1.29, 1.82) is 0 Å². The lowest BCUT2D eigenvalue weighted by molar-refractivity contribution is 0.537. The third-order valence-corrected chi connectivity index (χ3v) is 4.44.